The first kappa shape index (κ1) is 20.7. The fourth-order valence-electron chi connectivity index (χ4n) is 3.25. The van der Waals surface area contributed by atoms with Gasteiger partial charge in [0.1, 0.15) is 0 Å². The maximum Gasteiger partial charge on any atom is 0.312 e. The van der Waals surface area contributed by atoms with Gasteiger partial charge in [0.2, 0.25) is 10.0 Å². The van der Waals surface area contributed by atoms with Gasteiger partial charge >= 0.3 is 5.69 Å². The molecular weight excluding hydrogens is 396 g/mol. The van der Waals surface area contributed by atoms with Gasteiger partial charge in [-0.2, -0.15) is 9.57 Å². The zero-order valence-electron chi connectivity index (χ0n) is 15.8. The Balaban J connectivity index is 1.70. The monoisotopic (exact) mass is 416 g/mol. The molecule has 0 saturated carbocycles. The van der Waals surface area contributed by atoms with Crippen LogP contribution in [-0.2, 0) is 16.6 Å². The van der Waals surface area contributed by atoms with E-state index in [-0.39, 0.29) is 29.4 Å². The van der Waals surface area contributed by atoms with Crippen molar-refractivity contribution in [1.82, 2.24) is 9.21 Å². The minimum atomic E-state index is -3.85. The van der Waals surface area contributed by atoms with Gasteiger partial charge < -0.3 is 4.74 Å². The van der Waals surface area contributed by atoms with E-state index in [0.29, 0.717) is 25.2 Å². The molecule has 0 amide bonds. The number of nitro groups is 1. The van der Waals surface area contributed by atoms with Gasteiger partial charge in [-0.1, -0.05) is 12.1 Å². The molecule has 0 atom stereocenters. The lowest BCUT2D eigenvalue weighted by Crippen LogP contribution is -2.48. The lowest BCUT2D eigenvalue weighted by Gasteiger charge is -2.34. The van der Waals surface area contributed by atoms with Crippen LogP contribution in [0.5, 0.6) is 5.75 Å². The lowest BCUT2D eigenvalue weighted by molar-refractivity contribution is -0.386. The van der Waals surface area contributed by atoms with Crippen LogP contribution in [-0.4, -0.2) is 55.8 Å². The number of methoxy groups -OCH3 is 1. The molecule has 0 spiro atoms. The second-order valence-corrected chi connectivity index (χ2v) is 8.52. The molecule has 0 bridgehead atoms. The molecule has 1 saturated heterocycles. The SMILES string of the molecule is COc1ccc(S(=O)(=O)N2CCN(Cc3cccc(C#N)c3)CC2)cc1[N+](=O)[O-]. The normalized spacial score (nSPS) is 15.6. The molecule has 152 valence electrons. The predicted octanol–water partition coefficient (Wildman–Crippen LogP) is 1.98. The van der Waals surface area contributed by atoms with E-state index in [0.717, 1.165) is 11.6 Å². The molecule has 1 aliphatic rings. The highest BCUT2D eigenvalue weighted by molar-refractivity contribution is 7.89. The third-order valence-electron chi connectivity index (χ3n) is 4.78. The highest BCUT2D eigenvalue weighted by atomic mass is 32.2. The Hall–Kier alpha value is -3.00. The molecular formula is C19H20N4O5S. The number of hydrogen-bond donors (Lipinski definition) is 0. The molecule has 1 heterocycles. The predicted molar refractivity (Wildman–Crippen MR) is 105 cm³/mol. The number of hydrogen-bond acceptors (Lipinski definition) is 7. The van der Waals surface area contributed by atoms with Gasteiger partial charge in [-0.15, -0.1) is 0 Å². The average molecular weight is 416 g/mol. The third kappa shape index (κ3) is 4.54. The zero-order valence-corrected chi connectivity index (χ0v) is 16.6. The van der Waals surface area contributed by atoms with Gasteiger partial charge in [0.15, 0.2) is 5.75 Å². The van der Waals surface area contributed by atoms with E-state index < -0.39 is 14.9 Å². The molecule has 0 N–H and O–H groups in total. The summed E-state index contributed by atoms with van der Waals surface area (Å²) in [7, 11) is -2.55. The van der Waals surface area contributed by atoms with Crippen LogP contribution in [0.25, 0.3) is 0 Å². The van der Waals surface area contributed by atoms with Crippen LogP contribution in [0.1, 0.15) is 11.1 Å². The summed E-state index contributed by atoms with van der Waals surface area (Å²) in [6, 6.07) is 13.1. The Morgan fingerprint density at radius 2 is 1.90 bits per heavy atom. The fourth-order valence-corrected chi connectivity index (χ4v) is 4.69. The Morgan fingerprint density at radius 3 is 2.52 bits per heavy atom. The van der Waals surface area contributed by atoms with Gasteiger partial charge in [0, 0.05) is 38.8 Å². The van der Waals surface area contributed by atoms with Crippen molar-refractivity contribution in [2.45, 2.75) is 11.4 Å². The Kier molecular flexibility index (Phi) is 6.12. The maximum atomic E-state index is 12.9. The van der Waals surface area contributed by atoms with E-state index in [9.17, 15) is 18.5 Å². The van der Waals surface area contributed by atoms with Crippen LogP contribution in [0.15, 0.2) is 47.4 Å². The molecule has 2 aromatic carbocycles. The van der Waals surface area contributed by atoms with Crippen LogP contribution in [0, 0.1) is 21.4 Å². The molecule has 10 heteroatoms. The number of nitro benzene ring substituents is 1. The van der Waals surface area contributed by atoms with Gasteiger partial charge in [0.25, 0.3) is 0 Å². The van der Waals surface area contributed by atoms with Crippen LogP contribution in [0.4, 0.5) is 5.69 Å². The van der Waals surface area contributed by atoms with E-state index in [1.54, 1.807) is 6.07 Å². The van der Waals surface area contributed by atoms with Crippen molar-refractivity contribution in [1.29, 1.82) is 5.26 Å². The van der Waals surface area contributed by atoms with Crippen LogP contribution in [0.2, 0.25) is 0 Å². The van der Waals surface area contributed by atoms with Crippen molar-refractivity contribution in [3.8, 4) is 11.8 Å². The first-order valence-electron chi connectivity index (χ1n) is 8.89. The number of rotatable bonds is 6. The molecule has 29 heavy (non-hydrogen) atoms. The van der Waals surface area contributed by atoms with Gasteiger partial charge in [0.05, 0.1) is 28.6 Å². The summed E-state index contributed by atoms with van der Waals surface area (Å²) >= 11 is 0. The zero-order chi connectivity index (χ0) is 21.0. The van der Waals surface area contributed by atoms with Crippen LogP contribution >= 0.6 is 0 Å². The van der Waals surface area contributed by atoms with E-state index in [4.69, 9.17) is 10.00 Å². The van der Waals surface area contributed by atoms with E-state index >= 15 is 0 Å². The molecule has 9 nitrogen and oxygen atoms in total. The Morgan fingerprint density at radius 1 is 1.17 bits per heavy atom. The lowest BCUT2D eigenvalue weighted by atomic mass is 10.1. The molecule has 1 fully saturated rings. The number of nitriles is 1. The minimum absolute atomic E-state index is 0.0124. The molecule has 3 rings (SSSR count). The summed E-state index contributed by atoms with van der Waals surface area (Å²) in [5, 5.41) is 20.2. The van der Waals surface area contributed by atoms with Crippen molar-refractivity contribution in [3.63, 3.8) is 0 Å². The molecule has 0 unspecified atom stereocenters. The number of benzene rings is 2. The summed E-state index contributed by atoms with van der Waals surface area (Å²) in [4.78, 5) is 12.5. The summed E-state index contributed by atoms with van der Waals surface area (Å²) < 4.78 is 32.1. The summed E-state index contributed by atoms with van der Waals surface area (Å²) in [6.07, 6.45) is 0. The standard InChI is InChI=1S/C19H20N4O5S/c1-28-19-6-5-17(12-18(19)23(24)25)29(26,27)22-9-7-21(8-10-22)14-16-4-2-3-15(11-16)13-20/h2-6,11-12H,7-10,14H2,1H3. The molecule has 2 aromatic rings. The van der Waals surface area contributed by atoms with Crippen molar-refractivity contribution < 1.29 is 18.1 Å². The summed E-state index contributed by atoms with van der Waals surface area (Å²) in [5.41, 5.74) is 1.19. The van der Waals surface area contributed by atoms with Gasteiger partial charge in [-0.3, -0.25) is 15.0 Å². The van der Waals surface area contributed by atoms with Crippen LogP contribution < -0.4 is 4.74 Å². The first-order valence-corrected chi connectivity index (χ1v) is 10.3. The number of nitrogens with zero attached hydrogens (tertiary/aromatic N) is 4. The highest BCUT2D eigenvalue weighted by Crippen LogP contribution is 2.30. The second-order valence-electron chi connectivity index (χ2n) is 6.58. The molecule has 0 aromatic heterocycles. The van der Waals surface area contributed by atoms with E-state index in [1.807, 2.05) is 18.2 Å². The average Bonchev–Trinajstić information content (AvgIpc) is 2.73. The van der Waals surface area contributed by atoms with Crippen molar-refractivity contribution in [2.24, 2.45) is 0 Å². The Labute approximate surface area is 168 Å². The molecule has 1 aliphatic heterocycles. The topological polar surface area (TPSA) is 117 Å². The minimum Gasteiger partial charge on any atom is -0.490 e. The fraction of sp³-hybridized carbons (Fsp3) is 0.316. The summed E-state index contributed by atoms with van der Waals surface area (Å²) in [6.45, 7) is 2.22. The van der Waals surface area contributed by atoms with E-state index in [1.165, 1.54) is 23.5 Å². The quantitative estimate of drug-likeness (QED) is 0.522. The number of piperazine rings is 1. The van der Waals surface area contributed by atoms with Crippen molar-refractivity contribution in [2.75, 3.05) is 33.3 Å². The molecule has 0 aliphatic carbocycles. The van der Waals surface area contributed by atoms with Crippen molar-refractivity contribution >= 4 is 15.7 Å². The van der Waals surface area contributed by atoms with Gasteiger partial charge in [-0.25, -0.2) is 8.42 Å². The first-order chi connectivity index (χ1) is 13.8. The van der Waals surface area contributed by atoms with Gasteiger partial charge in [-0.05, 0) is 29.8 Å². The second kappa shape index (κ2) is 8.57. The summed E-state index contributed by atoms with van der Waals surface area (Å²) in [5.74, 6) is 0.0124. The number of ether oxygens (including phenoxy) is 1. The smallest absolute Gasteiger partial charge is 0.312 e. The highest BCUT2D eigenvalue weighted by Gasteiger charge is 2.30. The third-order valence-corrected chi connectivity index (χ3v) is 6.67. The number of sulfonamides is 1. The Bertz CT molecular complexity index is 1060. The van der Waals surface area contributed by atoms with Crippen molar-refractivity contribution in [3.05, 3.63) is 63.7 Å². The largest absolute Gasteiger partial charge is 0.490 e. The van der Waals surface area contributed by atoms with E-state index in [2.05, 4.69) is 11.0 Å². The maximum absolute atomic E-state index is 12.9. The van der Waals surface area contributed by atoms with Crippen LogP contribution in [0.3, 0.4) is 0 Å². The molecule has 0 radical (unpaired) electrons.